The third-order valence-corrected chi connectivity index (χ3v) is 12.7. The second-order valence-electron chi connectivity index (χ2n) is 8.87. The van der Waals surface area contributed by atoms with Crippen LogP contribution in [0.25, 0.3) is 0 Å². The molecule has 0 amide bonds. The van der Waals surface area contributed by atoms with E-state index in [1.165, 1.54) is 0 Å². The summed E-state index contributed by atoms with van der Waals surface area (Å²) < 4.78 is 6.73. The molecule has 0 heterocycles. The first-order valence-corrected chi connectivity index (χ1v) is 14.9. The van der Waals surface area contributed by atoms with Gasteiger partial charge in [-0.25, -0.2) is 0 Å². The fourth-order valence-corrected chi connectivity index (χ4v) is 11.2. The number of carbonyl (C=O) groups excluding carboxylic acids is 1. The Kier molecular flexibility index (Phi) is 12.1. The normalized spacial score (nSPS) is 14.2. The minimum absolute atomic E-state index is 0.161. The number of hydrogen-bond acceptors (Lipinski definition) is 3. The predicted octanol–water partition coefficient (Wildman–Crippen LogP) is 6.77. The van der Waals surface area contributed by atoms with E-state index in [2.05, 4.69) is 27.7 Å². The molecular formula is C25H46NO2P. The maximum atomic E-state index is 13.3. The van der Waals surface area contributed by atoms with Crippen molar-refractivity contribution in [3.05, 3.63) is 35.9 Å². The summed E-state index contributed by atoms with van der Waals surface area (Å²) in [6.07, 6.45) is 14.1. The summed E-state index contributed by atoms with van der Waals surface area (Å²) >= 11 is 0. The second kappa shape index (κ2) is 13.4. The van der Waals surface area contributed by atoms with Crippen molar-refractivity contribution in [1.29, 1.82) is 0 Å². The van der Waals surface area contributed by atoms with Crippen LogP contribution in [-0.4, -0.2) is 36.7 Å². The fourth-order valence-electron chi connectivity index (χ4n) is 4.36. The summed E-state index contributed by atoms with van der Waals surface area (Å²) in [4.78, 5) is 13.3. The molecular weight excluding hydrogens is 377 g/mol. The number of unbranched alkanes of at least 4 members (excludes halogenated alkanes) is 4. The van der Waals surface area contributed by atoms with Crippen molar-refractivity contribution >= 4 is 12.8 Å². The molecule has 0 unspecified atom stereocenters. The average molecular weight is 424 g/mol. The van der Waals surface area contributed by atoms with Crippen LogP contribution in [0.2, 0.25) is 0 Å². The van der Waals surface area contributed by atoms with Gasteiger partial charge in [-0.2, -0.15) is 0 Å². The molecule has 168 valence electrons. The molecule has 1 aromatic rings. The molecule has 0 saturated carbocycles. The van der Waals surface area contributed by atoms with Gasteiger partial charge in [0.1, 0.15) is 0 Å². The van der Waals surface area contributed by atoms with Gasteiger partial charge in [-0.1, -0.05) is 0 Å². The van der Waals surface area contributed by atoms with Crippen LogP contribution in [0.15, 0.2) is 30.3 Å². The van der Waals surface area contributed by atoms with Crippen LogP contribution in [0.1, 0.15) is 84.6 Å². The standard InChI is InChI=1S/C25H46NO2P/c1-5-9-18-29(19-10-6-2,20-11-7-3,21-12-8-4)28-25(27)24(26)22-23-16-14-13-15-17-23/h13-17,24H,5-12,18-22,26H2,1-4H3/t24-/m1/s1. The van der Waals surface area contributed by atoms with Crippen molar-refractivity contribution in [2.75, 3.05) is 24.6 Å². The van der Waals surface area contributed by atoms with E-state index < -0.39 is 12.9 Å². The Bertz CT molecular complexity index is 532. The van der Waals surface area contributed by atoms with E-state index in [-0.39, 0.29) is 5.97 Å². The first kappa shape index (κ1) is 26.1. The zero-order valence-corrected chi connectivity index (χ0v) is 20.4. The Morgan fingerprint density at radius 3 is 1.62 bits per heavy atom. The summed E-state index contributed by atoms with van der Waals surface area (Å²) in [5.41, 5.74) is 7.47. The Labute approximate surface area is 180 Å². The van der Waals surface area contributed by atoms with E-state index in [1.807, 2.05) is 30.3 Å². The summed E-state index contributed by atoms with van der Waals surface area (Å²) in [5, 5.41) is 0. The van der Waals surface area contributed by atoms with E-state index in [9.17, 15) is 4.79 Å². The van der Waals surface area contributed by atoms with Crippen molar-refractivity contribution < 1.29 is 9.32 Å². The topological polar surface area (TPSA) is 52.3 Å². The van der Waals surface area contributed by atoms with Crippen LogP contribution < -0.4 is 5.73 Å². The first-order valence-electron chi connectivity index (χ1n) is 12.0. The first-order chi connectivity index (χ1) is 13.9. The van der Waals surface area contributed by atoms with Gasteiger partial charge in [-0.15, -0.1) is 0 Å². The molecule has 1 rings (SSSR count). The summed E-state index contributed by atoms with van der Waals surface area (Å²) in [5.74, 6) is -0.161. The Balaban J connectivity index is 3.16. The van der Waals surface area contributed by atoms with E-state index >= 15 is 0 Å². The molecule has 0 spiro atoms. The molecule has 0 aliphatic rings. The molecule has 0 aliphatic heterocycles. The van der Waals surface area contributed by atoms with Gasteiger partial charge in [0.15, 0.2) is 0 Å². The number of carbonyl (C=O) groups is 1. The number of nitrogens with two attached hydrogens (primary N) is 1. The fraction of sp³-hybridized carbons (Fsp3) is 0.720. The summed E-state index contributed by atoms with van der Waals surface area (Å²) in [6, 6.07) is 9.48. The zero-order valence-electron chi connectivity index (χ0n) is 19.5. The van der Waals surface area contributed by atoms with E-state index in [4.69, 9.17) is 10.3 Å². The van der Waals surface area contributed by atoms with Gasteiger partial charge in [-0.3, -0.25) is 0 Å². The third-order valence-electron chi connectivity index (χ3n) is 6.26. The van der Waals surface area contributed by atoms with Crippen molar-refractivity contribution in [1.82, 2.24) is 0 Å². The van der Waals surface area contributed by atoms with Crippen LogP contribution in [0.4, 0.5) is 0 Å². The summed E-state index contributed by atoms with van der Waals surface area (Å²) in [7, 11) is 0. The van der Waals surface area contributed by atoms with Gasteiger partial charge in [0, 0.05) is 0 Å². The minimum atomic E-state index is -2.60. The monoisotopic (exact) mass is 423 g/mol. The van der Waals surface area contributed by atoms with Gasteiger partial charge < -0.3 is 0 Å². The Morgan fingerprint density at radius 1 is 0.828 bits per heavy atom. The van der Waals surface area contributed by atoms with Gasteiger partial charge >= 0.3 is 180 Å². The number of benzene rings is 1. The van der Waals surface area contributed by atoms with Crippen molar-refractivity contribution in [2.24, 2.45) is 5.73 Å². The van der Waals surface area contributed by atoms with Gasteiger partial charge in [0.25, 0.3) is 0 Å². The van der Waals surface area contributed by atoms with Gasteiger partial charge in [-0.05, 0) is 0 Å². The van der Waals surface area contributed by atoms with Crippen molar-refractivity contribution in [3.8, 4) is 0 Å². The van der Waals surface area contributed by atoms with Gasteiger partial charge in [0.2, 0.25) is 0 Å². The molecule has 0 aromatic heterocycles. The molecule has 29 heavy (non-hydrogen) atoms. The van der Waals surface area contributed by atoms with Crippen LogP contribution >= 0.6 is 6.83 Å². The van der Waals surface area contributed by atoms with Crippen molar-refractivity contribution in [3.63, 3.8) is 0 Å². The molecule has 2 N–H and O–H groups in total. The van der Waals surface area contributed by atoms with E-state index in [0.717, 1.165) is 81.6 Å². The number of rotatable bonds is 16. The third kappa shape index (κ3) is 8.38. The van der Waals surface area contributed by atoms with Crippen LogP contribution in [0, 0.1) is 0 Å². The Morgan fingerprint density at radius 2 is 1.24 bits per heavy atom. The molecule has 0 saturated heterocycles. The van der Waals surface area contributed by atoms with Crippen LogP contribution in [0.5, 0.6) is 0 Å². The number of hydrogen-bond donors (Lipinski definition) is 1. The van der Waals surface area contributed by atoms with Crippen LogP contribution in [-0.2, 0) is 15.7 Å². The van der Waals surface area contributed by atoms with Gasteiger partial charge in [0.05, 0.1) is 0 Å². The zero-order chi connectivity index (χ0) is 21.6. The van der Waals surface area contributed by atoms with Crippen LogP contribution in [0.3, 0.4) is 0 Å². The molecule has 0 fully saturated rings. The average Bonchev–Trinajstić information content (AvgIpc) is 2.74. The van der Waals surface area contributed by atoms with E-state index in [0.29, 0.717) is 6.42 Å². The molecule has 1 atom stereocenters. The SMILES string of the molecule is CCCCP(CCCC)(CCCC)(CCCC)OC(=O)[C@H](N)Cc1ccccc1. The Hall–Kier alpha value is -0.920. The quantitative estimate of drug-likeness (QED) is 0.299. The maximum absolute atomic E-state index is 13.3. The van der Waals surface area contributed by atoms with Crippen molar-refractivity contribution in [2.45, 2.75) is 91.5 Å². The molecule has 4 heteroatoms. The summed E-state index contributed by atoms with van der Waals surface area (Å²) in [6.45, 7) is 6.37. The molecule has 3 nitrogen and oxygen atoms in total. The molecule has 0 radical (unpaired) electrons. The molecule has 0 bridgehead atoms. The second-order valence-corrected chi connectivity index (χ2v) is 14.6. The van der Waals surface area contributed by atoms with E-state index in [1.54, 1.807) is 0 Å². The predicted molar refractivity (Wildman–Crippen MR) is 130 cm³/mol. The molecule has 1 aromatic carbocycles. The molecule has 0 aliphatic carbocycles.